The van der Waals surface area contributed by atoms with Gasteiger partial charge in [-0.2, -0.15) is 5.10 Å². The van der Waals surface area contributed by atoms with Crippen molar-refractivity contribution in [1.82, 2.24) is 20.2 Å². The number of benzene rings is 3. The van der Waals surface area contributed by atoms with Crippen LogP contribution in [-0.4, -0.2) is 61.1 Å². The Morgan fingerprint density at radius 2 is 1.56 bits per heavy atom. The van der Waals surface area contributed by atoms with Gasteiger partial charge in [-0.15, -0.1) is 10.2 Å². The van der Waals surface area contributed by atoms with Gasteiger partial charge in [-0.3, -0.25) is 9.36 Å². The van der Waals surface area contributed by atoms with Crippen molar-refractivity contribution in [3.63, 3.8) is 0 Å². The maximum atomic E-state index is 12.6. The van der Waals surface area contributed by atoms with E-state index in [1.54, 1.807) is 33.5 Å². The van der Waals surface area contributed by atoms with Crippen LogP contribution in [0.25, 0.3) is 17.1 Å². The number of aromatic nitrogens is 3. The summed E-state index contributed by atoms with van der Waals surface area (Å²) in [7, 11) is 6.25. The molecule has 39 heavy (non-hydrogen) atoms. The average Bonchev–Trinajstić information content (AvgIpc) is 3.40. The largest absolute Gasteiger partial charge is 0.497 e. The Balaban J connectivity index is 1.51. The van der Waals surface area contributed by atoms with Crippen LogP contribution >= 0.6 is 11.8 Å². The van der Waals surface area contributed by atoms with Crippen LogP contribution in [-0.2, 0) is 4.79 Å². The number of nitrogens with zero attached hydrogens (tertiary/aromatic N) is 4. The van der Waals surface area contributed by atoms with E-state index in [9.17, 15) is 4.79 Å². The van der Waals surface area contributed by atoms with Crippen molar-refractivity contribution in [2.24, 2.45) is 5.10 Å². The molecule has 0 saturated heterocycles. The fourth-order valence-corrected chi connectivity index (χ4v) is 4.45. The Labute approximate surface area is 231 Å². The van der Waals surface area contributed by atoms with E-state index < -0.39 is 0 Å². The van der Waals surface area contributed by atoms with Crippen LogP contribution in [0.1, 0.15) is 11.1 Å². The molecule has 0 aliphatic rings. The lowest BCUT2D eigenvalue weighted by molar-refractivity contribution is -0.118. The summed E-state index contributed by atoms with van der Waals surface area (Å²) in [6.07, 6.45) is 1.49. The lowest BCUT2D eigenvalue weighted by Gasteiger charge is -2.12. The summed E-state index contributed by atoms with van der Waals surface area (Å²) >= 11 is 1.26. The van der Waals surface area contributed by atoms with Crippen molar-refractivity contribution in [1.29, 1.82) is 0 Å². The third-order valence-corrected chi connectivity index (χ3v) is 6.66. The molecule has 4 rings (SSSR count). The van der Waals surface area contributed by atoms with Gasteiger partial charge in [0.05, 0.1) is 40.4 Å². The van der Waals surface area contributed by atoms with Crippen molar-refractivity contribution in [2.45, 2.75) is 12.1 Å². The fourth-order valence-electron chi connectivity index (χ4n) is 3.71. The highest BCUT2D eigenvalue weighted by molar-refractivity contribution is 7.99. The lowest BCUT2D eigenvalue weighted by atomic mass is 10.2. The van der Waals surface area contributed by atoms with E-state index in [-0.39, 0.29) is 11.7 Å². The van der Waals surface area contributed by atoms with Gasteiger partial charge >= 0.3 is 0 Å². The number of rotatable bonds is 11. The lowest BCUT2D eigenvalue weighted by Crippen LogP contribution is -2.20. The van der Waals surface area contributed by atoms with Crippen LogP contribution in [0, 0.1) is 6.92 Å². The molecule has 0 saturated carbocycles. The highest BCUT2D eigenvalue weighted by Crippen LogP contribution is 2.34. The van der Waals surface area contributed by atoms with Crippen LogP contribution < -0.4 is 24.4 Å². The summed E-state index contributed by atoms with van der Waals surface area (Å²) in [6.45, 7) is 2.03. The predicted octanol–water partition coefficient (Wildman–Crippen LogP) is 4.52. The minimum Gasteiger partial charge on any atom is -0.497 e. The highest BCUT2D eigenvalue weighted by Gasteiger charge is 2.18. The molecule has 0 atom stereocenters. The third kappa shape index (κ3) is 6.50. The number of amides is 1. The second-order valence-electron chi connectivity index (χ2n) is 8.24. The molecule has 0 bridgehead atoms. The van der Waals surface area contributed by atoms with Gasteiger partial charge in [0.25, 0.3) is 5.91 Å². The third-order valence-electron chi connectivity index (χ3n) is 5.73. The summed E-state index contributed by atoms with van der Waals surface area (Å²) in [6, 6.07) is 19.0. The Morgan fingerprint density at radius 1 is 0.897 bits per heavy atom. The van der Waals surface area contributed by atoms with E-state index in [1.807, 2.05) is 60.0 Å². The molecular formula is C28H29N5O5S. The van der Waals surface area contributed by atoms with Crippen LogP contribution in [0.5, 0.6) is 23.0 Å². The zero-order valence-corrected chi connectivity index (χ0v) is 23.1. The van der Waals surface area contributed by atoms with E-state index in [4.69, 9.17) is 18.9 Å². The standard InChI is InChI=1S/C28H29N5O5S/c1-18-6-10-21(11-7-18)33-27(19-8-12-22(35-2)13-9-19)31-32-28(33)39-17-26(34)30-29-16-20-14-24(37-4)25(38-5)15-23(20)36-3/h6-16H,17H2,1-5H3,(H,30,34). The van der Waals surface area contributed by atoms with Crippen LogP contribution in [0.4, 0.5) is 0 Å². The first-order valence-electron chi connectivity index (χ1n) is 11.9. The molecule has 1 heterocycles. The van der Waals surface area contributed by atoms with Gasteiger partial charge in [-0.05, 0) is 49.4 Å². The van der Waals surface area contributed by atoms with Crippen LogP contribution in [0.15, 0.2) is 70.9 Å². The second-order valence-corrected chi connectivity index (χ2v) is 9.18. The topological polar surface area (TPSA) is 109 Å². The molecule has 0 radical (unpaired) electrons. The summed E-state index contributed by atoms with van der Waals surface area (Å²) in [5.74, 6) is 2.74. The molecule has 0 unspecified atom stereocenters. The number of carbonyl (C=O) groups excluding carboxylic acids is 1. The van der Waals surface area contributed by atoms with E-state index >= 15 is 0 Å². The van der Waals surface area contributed by atoms with Gasteiger partial charge in [-0.1, -0.05) is 29.5 Å². The smallest absolute Gasteiger partial charge is 0.250 e. The van der Waals surface area contributed by atoms with E-state index in [1.165, 1.54) is 25.1 Å². The normalized spacial score (nSPS) is 10.9. The molecule has 1 N–H and O–H groups in total. The molecule has 1 amide bonds. The average molecular weight is 548 g/mol. The minimum atomic E-state index is -0.305. The van der Waals surface area contributed by atoms with Gasteiger partial charge in [0, 0.05) is 22.9 Å². The molecular weight excluding hydrogens is 518 g/mol. The number of hydrogen-bond acceptors (Lipinski definition) is 9. The van der Waals surface area contributed by atoms with E-state index in [0.717, 1.165) is 22.6 Å². The van der Waals surface area contributed by atoms with Gasteiger partial charge in [-0.25, -0.2) is 5.43 Å². The first-order chi connectivity index (χ1) is 19.0. The molecule has 11 heteroatoms. The number of aryl methyl sites for hydroxylation is 1. The van der Waals surface area contributed by atoms with E-state index in [0.29, 0.717) is 33.8 Å². The molecule has 1 aromatic heterocycles. The van der Waals surface area contributed by atoms with Crippen molar-refractivity contribution >= 4 is 23.9 Å². The zero-order valence-electron chi connectivity index (χ0n) is 22.3. The monoisotopic (exact) mass is 547 g/mol. The van der Waals surface area contributed by atoms with E-state index in [2.05, 4.69) is 20.7 Å². The molecule has 0 aliphatic heterocycles. The quantitative estimate of drug-likeness (QED) is 0.166. The SMILES string of the molecule is COc1ccc(-c2nnc(SCC(=O)NN=Cc3cc(OC)c(OC)cc3OC)n2-c2ccc(C)cc2)cc1. The maximum Gasteiger partial charge on any atom is 0.250 e. The first-order valence-corrected chi connectivity index (χ1v) is 12.9. The van der Waals surface area contributed by atoms with Gasteiger partial charge in [0.15, 0.2) is 22.5 Å². The summed E-state index contributed by atoms with van der Waals surface area (Å²) in [5, 5.41) is 13.5. The Hall–Kier alpha value is -4.51. The van der Waals surface area contributed by atoms with Gasteiger partial charge in [0.2, 0.25) is 0 Å². The number of carbonyl (C=O) groups is 1. The summed E-state index contributed by atoms with van der Waals surface area (Å²) < 4.78 is 23.2. The van der Waals surface area contributed by atoms with Crippen molar-refractivity contribution in [3.05, 3.63) is 71.8 Å². The predicted molar refractivity (Wildman–Crippen MR) is 151 cm³/mol. The maximum absolute atomic E-state index is 12.6. The second kappa shape index (κ2) is 12.8. The van der Waals surface area contributed by atoms with Crippen molar-refractivity contribution in [2.75, 3.05) is 34.2 Å². The zero-order chi connectivity index (χ0) is 27.8. The van der Waals surface area contributed by atoms with Crippen molar-refractivity contribution in [3.8, 4) is 40.1 Å². The van der Waals surface area contributed by atoms with Gasteiger partial charge in [0.1, 0.15) is 11.5 Å². The molecule has 202 valence electrons. The molecule has 3 aromatic carbocycles. The minimum absolute atomic E-state index is 0.0764. The summed E-state index contributed by atoms with van der Waals surface area (Å²) in [5.41, 5.74) is 6.06. The highest BCUT2D eigenvalue weighted by atomic mass is 32.2. The summed E-state index contributed by atoms with van der Waals surface area (Å²) in [4.78, 5) is 12.6. The van der Waals surface area contributed by atoms with Crippen LogP contribution in [0.3, 0.4) is 0 Å². The fraction of sp³-hybridized carbons (Fsp3) is 0.214. The van der Waals surface area contributed by atoms with Gasteiger partial charge < -0.3 is 18.9 Å². The molecule has 0 fully saturated rings. The Kier molecular flexibility index (Phi) is 9.06. The Morgan fingerprint density at radius 3 is 2.21 bits per heavy atom. The number of methoxy groups -OCH3 is 4. The number of ether oxygens (including phenoxy) is 4. The Bertz CT molecular complexity index is 1450. The number of hydrogen-bond donors (Lipinski definition) is 1. The molecule has 4 aromatic rings. The number of nitrogens with one attached hydrogen (secondary N) is 1. The molecule has 0 spiro atoms. The number of hydrazone groups is 1. The number of thioether (sulfide) groups is 1. The molecule has 10 nitrogen and oxygen atoms in total. The molecule has 0 aliphatic carbocycles. The van der Waals surface area contributed by atoms with Crippen molar-refractivity contribution < 1.29 is 23.7 Å². The first kappa shape index (κ1) is 27.5. The van der Waals surface area contributed by atoms with Crippen LogP contribution in [0.2, 0.25) is 0 Å².